The molecule has 0 radical (unpaired) electrons. The van der Waals surface area contributed by atoms with E-state index in [1.54, 1.807) is 18.4 Å². The summed E-state index contributed by atoms with van der Waals surface area (Å²) in [5.74, 6) is -0.165. The predicted molar refractivity (Wildman–Crippen MR) is 91.0 cm³/mol. The van der Waals surface area contributed by atoms with E-state index in [-0.39, 0.29) is 5.91 Å². The molecule has 4 rings (SSSR count). The largest absolute Gasteiger partial charge is 0.463 e. The number of fused-ring (bicyclic) bond motifs is 1. The first-order chi connectivity index (χ1) is 11.3. The minimum atomic E-state index is -0.165. The molecule has 118 valence electrons. The molecule has 0 atom stereocenters. The maximum Gasteiger partial charge on any atom is 0.272 e. The van der Waals surface area contributed by atoms with Crippen molar-refractivity contribution < 1.29 is 9.21 Å². The van der Waals surface area contributed by atoms with Crippen LogP contribution in [0.3, 0.4) is 0 Å². The van der Waals surface area contributed by atoms with E-state index in [2.05, 4.69) is 27.3 Å². The summed E-state index contributed by atoms with van der Waals surface area (Å²) in [6.07, 6.45) is 5.44. The Balaban J connectivity index is 1.45. The van der Waals surface area contributed by atoms with Crippen molar-refractivity contribution in [3.05, 3.63) is 48.4 Å². The minimum Gasteiger partial charge on any atom is -0.463 e. The monoisotopic (exact) mass is 309 g/mol. The highest BCUT2D eigenvalue weighted by Crippen LogP contribution is 2.22. The Bertz CT molecular complexity index is 782. The maximum atomic E-state index is 12.3. The van der Waals surface area contributed by atoms with E-state index in [0.717, 1.165) is 24.3 Å². The molecule has 5 nitrogen and oxygen atoms in total. The fourth-order valence-electron chi connectivity index (χ4n) is 3.08. The van der Waals surface area contributed by atoms with E-state index in [0.29, 0.717) is 11.3 Å². The van der Waals surface area contributed by atoms with Gasteiger partial charge in [0.05, 0.1) is 11.8 Å². The van der Waals surface area contributed by atoms with Gasteiger partial charge >= 0.3 is 0 Å². The number of carbonyl (C=O) groups excluding carboxylic acids is 1. The number of furan rings is 1. The smallest absolute Gasteiger partial charge is 0.272 e. The standard InChI is InChI=1S/C18H19N3O2/c22-18(16-12-17-15(20-16)8-11-23-17)19-13-4-6-14(7-5-13)21-9-2-1-3-10-21/h4-8,11-12,20H,1-3,9-10H2,(H,19,22). The number of amides is 1. The molecular weight excluding hydrogens is 290 g/mol. The van der Waals surface area contributed by atoms with E-state index < -0.39 is 0 Å². The first-order valence-electron chi connectivity index (χ1n) is 8.02. The molecule has 1 amide bonds. The number of rotatable bonds is 3. The molecule has 0 bridgehead atoms. The fourth-order valence-corrected chi connectivity index (χ4v) is 3.08. The van der Waals surface area contributed by atoms with E-state index in [9.17, 15) is 4.79 Å². The number of piperidine rings is 1. The van der Waals surface area contributed by atoms with Crippen molar-refractivity contribution in [2.24, 2.45) is 0 Å². The summed E-state index contributed by atoms with van der Waals surface area (Å²) < 4.78 is 5.27. The topological polar surface area (TPSA) is 61.3 Å². The van der Waals surface area contributed by atoms with Crippen molar-refractivity contribution in [1.29, 1.82) is 0 Å². The number of aromatic nitrogens is 1. The van der Waals surface area contributed by atoms with Crippen LogP contribution in [0.1, 0.15) is 29.8 Å². The molecule has 2 N–H and O–H groups in total. The molecule has 0 saturated carbocycles. The highest BCUT2D eigenvalue weighted by molar-refractivity contribution is 6.05. The summed E-state index contributed by atoms with van der Waals surface area (Å²) in [6, 6.07) is 11.6. The summed E-state index contributed by atoms with van der Waals surface area (Å²) in [6.45, 7) is 2.24. The quantitative estimate of drug-likeness (QED) is 0.768. The predicted octanol–water partition coefficient (Wildman–Crippen LogP) is 4.00. The lowest BCUT2D eigenvalue weighted by Gasteiger charge is -2.28. The van der Waals surface area contributed by atoms with Gasteiger partial charge in [0.25, 0.3) is 5.91 Å². The van der Waals surface area contributed by atoms with Gasteiger partial charge < -0.3 is 19.6 Å². The van der Waals surface area contributed by atoms with Gasteiger partial charge in [-0.2, -0.15) is 0 Å². The van der Waals surface area contributed by atoms with Gasteiger partial charge in [-0.15, -0.1) is 0 Å². The summed E-state index contributed by atoms with van der Waals surface area (Å²) in [4.78, 5) is 17.7. The molecule has 3 aromatic rings. The third-order valence-electron chi connectivity index (χ3n) is 4.33. The number of aromatic amines is 1. The van der Waals surface area contributed by atoms with Crippen LogP contribution in [-0.2, 0) is 0 Å². The number of nitrogens with one attached hydrogen (secondary N) is 2. The number of benzene rings is 1. The average Bonchev–Trinajstić information content (AvgIpc) is 3.18. The van der Waals surface area contributed by atoms with Crippen molar-refractivity contribution in [2.75, 3.05) is 23.3 Å². The van der Waals surface area contributed by atoms with E-state index >= 15 is 0 Å². The molecule has 1 aliphatic heterocycles. The molecule has 0 unspecified atom stereocenters. The van der Waals surface area contributed by atoms with E-state index in [1.807, 2.05) is 12.1 Å². The number of anilines is 2. The number of carbonyl (C=O) groups is 1. The molecule has 5 heteroatoms. The van der Waals surface area contributed by atoms with Crippen LogP contribution in [0.2, 0.25) is 0 Å². The number of hydrogen-bond donors (Lipinski definition) is 2. The van der Waals surface area contributed by atoms with Crippen molar-refractivity contribution in [2.45, 2.75) is 19.3 Å². The normalized spacial score (nSPS) is 15.0. The molecule has 23 heavy (non-hydrogen) atoms. The van der Waals surface area contributed by atoms with Gasteiger partial charge in [-0.3, -0.25) is 4.79 Å². The van der Waals surface area contributed by atoms with Crippen LogP contribution in [0.4, 0.5) is 11.4 Å². The summed E-state index contributed by atoms with van der Waals surface area (Å²) in [5, 5.41) is 2.91. The lowest BCUT2D eigenvalue weighted by atomic mass is 10.1. The van der Waals surface area contributed by atoms with Crippen LogP contribution in [-0.4, -0.2) is 24.0 Å². The van der Waals surface area contributed by atoms with Crippen molar-refractivity contribution in [1.82, 2.24) is 4.98 Å². The van der Waals surface area contributed by atoms with Crippen LogP contribution in [0.25, 0.3) is 11.1 Å². The van der Waals surface area contributed by atoms with Crippen molar-refractivity contribution in [3.63, 3.8) is 0 Å². The van der Waals surface area contributed by atoms with Gasteiger partial charge in [0.2, 0.25) is 0 Å². The van der Waals surface area contributed by atoms with Crippen LogP contribution < -0.4 is 10.2 Å². The first kappa shape index (κ1) is 13.9. The van der Waals surface area contributed by atoms with Crippen LogP contribution in [0.15, 0.2) is 47.1 Å². The van der Waals surface area contributed by atoms with Crippen LogP contribution >= 0.6 is 0 Å². The third kappa shape index (κ3) is 2.82. The maximum absolute atomic E-state index is 12.3. The SMILES string of the molecule is O=C(Nc1ccc(N2CCCCC2)cc1)c1cc2occc2[nH]1. The molecular formula is C18H19N3O2. The highest BCUT2D eigenvalue weighted by atomic mass is 16.3. The third-order valence-corrected chi connectivity index (χ3v) is 4.33. The Kier molecular flexibility index (Phi) is 3.54. The second-order valence-electron chi connectivity index (χ2n) is 5.93. The molecule has 1 saturated heterocycles. The summed E-state index contributed by atoms with van der Waals surface area (Å²) >= 11 is 0. The van der Waals surface area contributed by atoms with Gasteiger partial charge in [-0.05, 0) is 43.5 Å². The van der Waals surface area contributed by atoms with E-state index in [1.165, 1.54) is 24.9 Å². The van der Waals surface area contributed by atoms with Crippen molar-refractivity contribution in [3.8, 4) is 0 Å². The number of nitrogens with zero attached hydrogens (tertiary/aromatic N) is 1. The molecule has 2 aromatic heterocycles. The highest BCUT2D eigenvalue weighted by Gasteiger charge is 2.13. The zero-order chi connectivity index (χ0) is 15.6. The van der Waals surface area contributed by atoms with Gasteiger partial charge in [-0.25, -0.2) is 0 Å². The first-order valence-corrected chi connectivity index (χ1v) is 8.02. The Morgan fingerprint density at radius 3 is 2.61 bits per heavy atom. The fraction of sp³-hybridized carbons (Fsp3) is 0.278. The number of H-pyrrole nitrogens is 1. The van der Waals surface area contributed by atoms with Crippen LogP contribution in [0, 0.1) is 0 Å². The summed E-state index contributed by atoms with van der Waals surface area (Å²) in [5.41, 5.74) is 4.03. The van der Waals surface area contributed by atoms with Gasteiger partial charge in [-0.1, -0.05) is 0 Å². The van der Waals surface area contributed by atoms with Crippen molar-refractivity contribution >= 4 is 28.4 Å². The molecule has 1 aromatic carbocycles. The van der Waals surface area contributed by atoms with Gasteiger partial charge in [0.15, 0.2) is 5.58 Å². The second kappa shape index (κ2) is 5.83. The molecule has 0 aliphatic carbocycles. The van der Waals surface area contributed by atoms with Crippen LogP contribution in [0.5, 0.6) is 0 Å². The number of hydrogen-bond acceptors (Lipinski definition) is 3. The van der Waals surface area contributed by atoms with E-state index in [4.69, 9.17) is 4.42 Å². The minimum absolute atomic E-state index is 0.165. The molecule has 0 spiro atoms. The van der Waals surface area contributed by atoms with Gasteiger partial charge in [0, 0.05) is 36.6 Å². The lowest BCUT2D eigenvalue weighted by molar-refractivity contribution is 0.102. The molecule has 3 heterocycles. The Hall–Kier alpha value is -2.69. The Labute approximate surface area is 134 Å². The molecule has 1 fully saturated rings. The lowest BCUT2D eigenvalue weighted by Crippen LogP contribution is -2.29. The van der Waals surface area contributed by atoms with Gasteiger partial charge in [0.1, 0.15) is 5.69 Å². The average molecular weight is 309 g/mol. The Morgan fingerprint density at radius 1 is 1.09 bits per heavy atom. The molecule has 1 aliphatic rings. The second-order valence-corrected chi connectivity index (χ2v) is 5.93. The zero-order valence-electron chi connectivity index (χ0n) is 12.8. The summed E-state index contributed by atoms with van der Waals surface area (Å²) in [7, 11) is 0. The zero-order valence-corrected chi connectivity index (χ0v) is 12.8. The Morgan fingerprint density at radius 2 is 1.87 bits per heavy atom.